The van der Waals surface area contributed by atoms with Gasteiger partial charge in [0.2, 0.25) is 5.95 Å². The van der Waals surface area contributed by atoms with Crippen molar-refractivity contribution in [1.29, 1.82) is 0 Å². The minimum Gasteiger partial charge on any atom is -0.387 e. The molecule has 2 aliphatic heterocycles. The maximum Gasteiger partial charge on any atom is 0.419 e. The number of anilines is 3. The highest BCUT2D eigenvalue weighted by Gasteiger charge is 2.44. The van der Waals surface area contributed by atoms with Crippen LogP contribution in [0.4, 0.5) is 30.1 Å². The molecule has 2 aliphatic rings. The molecule has 1 amide bonds. The number of halogens is 3. The molecule has 0 radical (unpaired) electrons. The van der Waals surface area contributed by atoms with Crippen LogP contribution < -0.4 is 10.2 Å². The number of carbonyl (C=O) groups excluding carboxylic acids is 1. The van der Waals surface area contributed by atoms with Crippen molar-refractivity contribution in [2.75, 3.05) is 23.3 Å². The minimum absolute atomic E-state index is 0.117. The molecule has 4 aromatic heterocycles. The minimum atomic E-state index is -4.67. The molecule has 0 saturated carbocycles. The van der Waals surface area contributed by atoms with Gasteiger partial charge in [-0.05, 0) is 45.7 Å². The van der Waals surface area contributed by atoms with Gasteiger partial charge in [-0.1, -0.05) is 0 Å². The number of hydrogen-bond acceptors (Lipinski definition) is 11. The van der Waals surface area contributed by atoms with Crippen LogP contribution in [0.3, 0.4) is 0 Å². The summed E-state index contributed by atoms with van der Waals surface area (Å²) in [5, 5.41) is 16.8. The Morgan fingerprint density at radius 1 is 1.10 bits per heavy atom. The van der Waals surface area contributed by atoms with Gasteiger partial charge in [0, 0.05) is 30.9 Å². The lowest BCUT2D eigenvalue weighted by atomic mass is 10.1. The standard InChI is InChI=1S/C27H27F3N8O2S2/c1-13-23(42-15(3)33-13)20-12-41-26(34-20)35-21-7-4-16(8-31-21)24(40)38-17-5-6-18(38)11-37(10-17)25-32-9-19(27(28,29)30)22(36-25)14(2)39/h4,7-9,12,14,17-18,39H,5-6,10-11H2,1-3H3,(H,31,34,35)/t14?,17-,18+. The van der Waals surface area contributed by atoms with Crippen molar-refractivity contribution < 1.29 is 23.1 Å². The first-order chi connectivity index (χ1) is 20.0. The molecule has 220 valence electrons. The van der Waals surface area contributed by atoms with E-state index in [9.17, 15) is 23.1 Å². The van der Waals surface area contributed by atoms with Gasteiger partial charge in [0.05, 0.1) is 56.3 Å². The summed E-state index contributed by atoms with van der Waals surface area (Å²) < 4.78 is 40.1. The normalized spacial score (nSPS) is 19.3. The van der Waals surface area contributed by atoms with Crippen LogP contribution in [0.5, 0.6) is 0 Å². The maximum absolute atomic E-state index is 13.5. The van der Waals surface area contributed by atoms with Crippen LogP contribution in [0.1, 0.15) is 58.2 Å². The highest BCUT2D eigenvalue weighted by atomic mass is 32.1. The lowest BCUT2D eigenvalue weighted by molar-refractivity contribution is -0.139. The summed E-state index contributed by atoms with van der Waals surface area (Å²) in [5.41, 5.74) is 0.741. The molecule has 2 saturated heterocycles. The van der Waals surface area contributed by atoms with Crippen molar-refractivity contribution in [3.8, 4) is 10.6 Å². The van der Waals surface area contributed by atoms with Crippen LogP contribution in [-0.4, -0.2) is 66.0 Å². The largest absolute Gasteiger partial charge is 0.419 e. The van der Waals surface area contributed by atoms with Gasteiger partial charge < -0.3 is 20.2 Å². The number of aliphatic hydroxyl groups is 1. The third kappa shape index (κ3) is 5.43. The number of amides is 1. The SMILES string of the molecule is Cc1nc(C)c(-c2csc(Nc3ccc(C(=O)N4[C@@H]5CC[C@H]4CN(c4ncc(C(F)(F)F)c(C(C)O)n4)C5)cn3)n2)s1. The third-order valence-electron chi connectivity index (χ3n) is 7.39. The van der Waals surface area contributed by atoms with Gasteiger partial charge in [0.25, 0.3) is 5.91 Å². The zero-order valence-electron chi connectivity index (χ0n) is 22.9. The van der Waals surface area contributed by atoms with Gasteiger partial charge >= 0.3 is 6.18 Å². The molecule has 6 rings (SSSR count). The Morgan fingerprint density at radius 3 is 2.43 bits per heavy atom. The number of aryl methyl sites for hydroxylation is 2. The van der Waals surface area contributed by atoms with Crippen molar-refractivity contribution in [2.24, 2.45) is 0 Å². The monoisotopic (exact) mass is 616 g/mol. The number of nitrogens with one attached hydrogen (secondary N) is 1. The Morgan fingerprint density at radius 2 is 1.83 bits per heavy atom. The average molecular weight is 617 g/mol. The van der Waals surface area contributed by atoms with E-state index in [1.807, 2.05) is 24.1 Å². The van der Waals surface area contributed by atoms with Crippen molar-refractivity contribution in [3.05, 3.63) is 57.4 Å². The summed E-state index contributed by atoms with van der Waals surface area (Å²) in [6.45, 7) is 5.93. The van der Waals surface area contributed by atoms with E-state index in [0.717, 1.165) is 40.3 Å². The summed E-state index contributed by atoms with van der Waals surface area (Å²) in [6, 6.07) is 3.16. The molecule has 2 bridgehead atoms. The molecular formula is C27H27F3N8O2S2. The van der Waals surface area contributed by atoms with Crippen LogP contribution in [-0.2, 0) is 6.18 Å². The molecular weight excluding hydrogens is 589 g/mol. The van der Waals surface area contributed by atoms with Crippen molar-refractivity contribution in [3.63, 3.8) is 0 Å². The van der Waals surface area contributed by atoms with Crippen molar-refractivity contribution in [1.82, 2.24) is 29.8 Å². The van der Waals surface area contributed by atoms with Crippen LogP contribution in [0.15, 0.2) is 29.9 Å². The first kappa shape index (κ1) is 28.4. The molecule has 10 nitrogen and oxygen atoms in total. The van der Waals surface area contributed by atoms with E-state index in [-0.39, 0.29) is 23.9 Å². The molecule has 1 unspecified atom stereocenters. The predicted octanol–water partition coefficient (Wildman–Crippen LogP) is 5.38. The van der Waals surface area contributed by atoms with Crippen molar-refractivity contribution >= 4 is 45.5 Å². The Balaban J connectivity index is 1.13. The number of rotatable bonds is 6. The molecule has 42 heavy (non-hydrogen) atoms. The number of aromatic nitrogens is 5. The summed E-state index contributed by atoms with van der Waals surface area (Å²) in [7, 11) is 0. The van der Waals surface area contributed by atoms with Gasteiger partial charge in [-0.15, -0.1) is 22.7 Å². The highest BCUT2D eigenvalue weighted by Crippen LogP contribution is 2.37. The van der Waals surface area contributed by atoms with E-state index in [0.29, 0.717) is 29.6 Å². The second-order valence-corrected chi connectivity index (χ2v) is 12.4. The van der Waals surface area contributed by atoms with E-state index in [1.165, 1.54) is 24.5 Å². The number of nitrogens with zero attached hydrogens (tertiary/aromatic N) is 7. The van der Waals surface area contributed by atoms with Gasteiger partial charge in [-0.3, -0.25) is 4.79 Å². The fourth-order valence-electron chi connectivity index (χ4n) is 5.53. The average Bonchev–Trinajstić information content (AvgIpc) is 3.62. The number of thiazole rings is 2. The topological polar surface area (TPSA) is 120 Å². The smallest absolute Gasteiger partial charge is 0.387 e. The number of hydrogen-bond donors (Lipinski definition) is 2. The fraction of sp³-hybridized carbons (Fsp3) is 0.407. The van der Waals surface area contributed by atoms with E-state index in [2.05, 4.69) is 30.2 Å². The van der Waals surface area contributed by atoms with E-state index >= 15 is 0 Å². The summed E-state index contributed by atoms with van der Waals surface area (Å²) >= 11 is 3.06. The molecule has 0 spiro atoms. The summed E-state index contributed by atoms with van der Waals surface area (Å²) in [5.74, 6) is 0.531. The molecule has 4 aromatic rings. The molecule has 3 atom stereocenters. The van der Waals surface area contributed by atoms with Crippen LogP contribution >= 0.6 is 22.7 Å². The van der Waals surface area contributed by atoms with E-state index in [4.69, 9.17) is 0 Å². The van der Waals surface area contributed by atoms with Gasteiger partial charge in [-0.2, -0.15) is 13.2 Å². The molecule has 2 N–H and O–H groups in total. The number of piperazine rings is 1. The molecule has 2 fully saturated rings. The fourth-order valence-corrected chi connectivity index (χ4v) is 7.19. The van der Waals surface area contributed by atoms with Gasteiger partial charge in [-0.25, -0.2) is 24.9 Å². The molecule has 6 heterocycles. The zero-order valence-corrected chi connectivity index (χ0v) is 24.5. The Hall–Kier alpha value is -3.69. The highest BCUT2D eigenvalue weighted by molar-refractivity contribution is 7.16. The van der Waals surface area contributed by atoms with Gasteiger partial charge in [0.1, 0.15) is 5.82 Å². The molecule has 0 aromatic carbocycles. The van der Waals surface area contributed by atoms with Crippen LogP contribution in [0.25, 0.3) is 10.6 Å². The number of pyridine rings is 1. The van der Waals surface area contributed by atoms with E-state index in [1.54, 1.807) is 28.4 Å². The maximum atomic E-state index is 13.5. The number of aliphatic hydroxyl groups excluding tert-OH is 1. The Kier molecular flexibility index (Phi) is 7.35. The second-order valence-electron chi connectivity index (χ2n) is 10.4. The summed E-state index contributed by atoms with van der Waals surface area (Å²) in [6.07, 6.45) is -2.30. The molecule has 15 heteroatoms. The molecule has 0 aliphatic carbocycles. The van der Waals surface area contributed by atoms with Gasteiger partial charge in [0.15, 0.2) is 5.13 Å². The zero-order chi connectivity index (χ0) is 29.8. The first-order valence-corrected chi connectivity index (χ1v) is 15.0. The van der Waals surface area contributed by atoms with Crippen LogP contribution in [0, 0.1) is 13.8 Å². The quantitative estimate of drug-likeness (QED) is 0.294. The Labute approximate surface area is 247 Å². The number of alkyl halides is 3. The summed E-state index contributed by atoms with van der Waals surface area (Å²) in [4.78, 5) is 39.8. The number of fused-ring (bicyclic) bond motifs is 2. The second kappa shape index (κ2) is 10.9. The lowest BCUT2D eigenvalue weighted by Crippen LogP contribution is -2.56. The van der Waals surface area contributed by atoms with Crippen molar-refractivity contribution in [2.45, 2.75) is 58.0 Å². The Bertz CT molecular complexity index is 1610. The third-order valence-corrected chi connectivity index (χ3v) is 9.25. The van der Waals surface area contributed by atoms with Crippen LogP contribution in [0.2, 0.25) is 0 Å². The lowest BCUT2D eigenvalue weighted by Gasteiger charge is -2.41. The number of carbonyl (C=O) groups is 1. The predicted molar refractivity (Wildman–Crippen MR) is 153 cm³/mol. The van der Waals surface area contributed by atoms with E-state index < -0.39 is 23.5 Å². The first-order valence-electron chi connectivity index (χ1n) is 13.3.